The van der Waals surface area contributed by atoms with Crippen LogP contribution in [0.2, 0.25) is 0 Å². The minimum absolute atomic E-state index is 0.0961. The van der Waals surface area contributed by atoms with E-state index < -0.39 is 35.3 Å². The fourth-order valence-electron chi connectivity index (χ4n) is 6.73. The minimum atomic E-state index is -1.56. The highest BCUT2D eigenvalue weighted by Crippen LogP contribution is 2.53. The van der Waals surface area contributed by atoms with E-state index in [1.54, 1.807) is 14.2 Å². The summed E-state index contributed by atoms with van der Waals surface area (Å²) in [7, 11) is 3.14. The van der Waals surface area contributed by atoms with Crippen molar-refractivity contribution in [2.24, 2.45) is 17.8 Å². The van der Waals surface area contributed by atoms with Crippen molar-refractivity contribution in [2.45, 2.75) is 93.4 Å². The molecule has 3 fully saturated rings. The molecule has 0 bridgehead atoms. The van der Waals surface area contributed by atoms with Gasteiger partial charge in [0.05, 0.1) is 29.6 Å². The van der Waals surface area contributed by atoms with Crippen LogP contribution in [-0.2, 0) is 28.5 Å². The van der Waals surface area contributed by atoms with E-state index in [2.05, 4.69) is 0 Å². The molecule has 32 heavy (non-hydrogen) atoms. The van der Waals surface area contributed by atoms with Crippen molar-refractivity contribution >= 4 is 23.2 Å². The van der Waals surface area contributed by atoms with Gasteiger partial charge in [-0.15, -0.1) is 11.6 Å². The number of hydrogen-bond donors (Lipinski definition) is 0. The molecule has 10 atom stereocenters. The number of hydrogen-bond acceptors (Lipinski definition) is 6. The lowest BCUT2D eigenvalue weighted by Gasteiger charge is -2.39. The maximum Gasteiger partial charge on any atom is 0.202 e. The highest BCUT2D eigenvalue weighted by molar-refractivity contribution is 6.24. The van der Waals surface area contributed by atoms with Crippen LogP contribution in [0.5, 0.6) is 0 Å². The maximum atomic E-state index is 14.0. The number of halogens is 2. The third-order valence-corrected chi connectivity index (χ3v) is 9.02. The van der Waals surface area contributed by atoms with Crippen LogP contribution in [0.15, 0.2) is 11.3 Å². The predicted molar refractivity (Wildman–Crippen MR) is 114 cm³/mol. The van der Waals surface area contributed by atoms with E-state index in [4.69, 9.17) is 30.5 Å². The van der Waals surface area contributed by atoms with E-state index in [9.17, 15) is 14.0 Å². The van der Waals surface area contributed by atoms with E-state index in [0.717, 1.165) is 12.8 Å². The zero-order valence-electron chi connectivity index (χ0n) is 18.9. The quantitative estimate of drug-likeness (QED) is 0.464. The smallest absolute Gasteiger partial charge is 0.202 e. The Hall–Kier alpha value is -1.02. The summed E-state index contributed by atoms with van der Waals surface area (Å²) < 4.78 is 37.7. The number of Topliss-reactive ketones (excluding diaryl/α,β-unsaturated/α-hetero) is 2. The second kappa shape index (κ2) is 8.33. The van der Waals surface area contributed by atoms with E-state index >= 15 is 0 Å². The molecular weight excluding hydrogens is 439 g/mol. The van der Waals surface area contributed by atoms with Gasteiger partial charge in [0.15, 0.2) is 11.4 Å². The van der Waals surface area contributed by atoms with Gasteiger partial charge >= 0.3 is 0 Å². The first-order valence-corrected chi connectivity index (χ1v) is 12.2. The van der Waals surface area contributed by atoms with Gasteiger partial charge in [-0.3, -0.25) is 9.59 Å². The molecule has 6 nitrogen and oxygen atoms in total. The molecule has 7 unspecified atom stereocenters. The highest BCUT2D eigenvalue weighted by Gasteiger charge is 2.69. The summed E-state index contributed by atoms with van der Waals surface area (Å²) in [5.74, 6) is -0.763. The van der Waals surface area contributed by atoms with Crippen molar-refractivity contribution < 1.29 is 32.9 Å². The number of ether oxygens (including phenoxy) is 4. The van der Waals surface area contributed by atoms with Gasteiger partial charge in [-0.1, -0.05) is 13.3 Å². The Bertz CT molecular complexity index is 831. The summed E-state index contributed by atoms with van der Waals surface area (Å²) in [5.41, 5.74) is -1.02. The predicted octanol–water partition coefficient (Wildman–Crippen LogP) is 3.53. The van der Waals surface area contributed by atoms with E-state index in [1.807, 2.05) is 6.92 Å². The fourth-order valence-corrected chi connectivity index (χ4v) is 7.15. The number of methoxy groups -OCH3 is 2. The molecule has 1 saturated heterocycles. The molecule has 2 heterocycles. The molecule has 5 aliphatic rings. The molecule has 178 valence electrons. The second-order valence-corrected chi connectivity index (χ2v) is 10.7. The third kappa shape index (κ3) is 3.22. The summed E-state index contributed by atoms with van der Waals surface area (Å²) in [6.07, 6.45) is 1.77. The number of fused-ring (bicyclic) bond motifs is 1. The van der Waals surface area contributed by atoms with Crippen LogP contribution in [-0.4, -0.2) is 67.4 Å². The highest BCUT2D eigenvalue weighted by atomic mass is 35.5. The van der Waals surface area contributed by atoms with Crippen molar-refractivity contribution in [1.29, 1.82) is 0 Å². The summed E-state index contributed by atoms with van der Waals surface area (Å²) in [6.45, 7) is 1.87. The third-order valence-electron chi connectivity index (χ3n) is 8.49. The van der Waals surface area contributed by atoms with Crippen molar-refractivity contribution in [3.63, 3.8) is 0 Å². The number of ketones is 2. The number of rotatable bonds is 3. The Morgan fingerprint density at radius 2 is 1.84 bits per heavy atom. The Kier molecular flexibility index (Phi) is 5.92. The van der Waals surface area contributed by atoms with Gasteiger partial charge in [-0.05, 0) is 25.2 Å². The molecule has 0 aromatic rings. The van der Waals surface area contributed by atoms with Crippen LogP contribution in [0, 0.1) is 17.8 Å². The standard InChI is InChI=1S/C24H32ClFO6/c1-11-7-16-14(9-15(31-16)12-5-4-6-13(26)8-12)22(27)24(11)23(28)19-17(29-2)10-18(30-3)20(25)21(19)32-24/h11-13,15,17-21H,4-10H2,1-3H3/t11-,12?,13?,15+,17?,18?,19?,20?,21?,24+/m1/s1. The second-order valence-electron chi connectivity index (χ2n) is 10.2. The zero-order valence-corrected chi connectivity index (χ0v) is 19.6. The van der Waals surface area contributed by atoms with Gasteiger partial charge in [0.25, 0.3) is 0 Å². The molecule has 0 aromatic heterocycles. The van der Waals surface area contributed by atoms with Crippen LogP contribution < -0.4 is 0 Å². The number of carbonyl (C=O) groups is 2. The van der Waals surface area contributed by atoms with Crippen molar-refractivity contribution in [3.8, 4) is 0 Å². The summed E-state index contributed by atoms with van der Waals surface area (Å²) in [6, 6.07) is 0. The van der Waals surface area contributed by atoms with E-state index in [-0.39, 0.29) is 35.6 Å². The molecule has 8 heteroatoms. The van der Waals surface area contributed by atoms with Gasteiger partial charge in [0, 0.05) is 45.0 Å². The average molecular weight is 471 g/mol. The molecule has 2 aliphatic heterocycles. The molecule has 0 amide bonds. The number of alkyl halides is 2. The van der Waals surface area contributed by atoms with Crippen LogP contribution >= 0.6 is 11.6 Å². The topological polar surface area (TPSA) is 71.1 Å². The van der Waals surface area contributed by atoms with Crippen molar-refractivity contribution in [2.75, 3.05) is 14.2 Å². The van der Waals surface area contributed by atoms with E-state index in [0.29, 0.717) is 43.4 Å². The average Bonchev–Trinajstić information content (AvgIpc) is 3.34. The molecule has 0 aromatic carbocycles. The summed E-state index contributed by atoms with van der Waals surface area (Å²) in [5, 5.41) is -0.550. The Morgan fingerprint density at radius 1 is 1.09 bits per heavy atom. The van der Waals surface area contributed by atoms with Gasteiger partial charge < -0.3 is 18.9 Å². The lowest BCUT2D eigenvalue weighted by Crippen LogP contribution is -2.54. The van der Waals surface area contributed by atoms with Crippen molar-refractivity contribution in [1.82, 2.24) is 0 Å². The van der Waals surface area contributed by atoms with Crippen LogP contribution in [0.1, 0.15) is 51.9 Å². The Labute approximate surface area is 193 Å². The molecule has 2 saturated carbocycles. The van der Waals surface area contributed by atoms with Crippen LogP contribution in [0.4, 0.5) is 4.39 Å². The number of allylic oxidation sites excluding steroid dienone is 1. The Morgan fingerprint density at radius 3 is 2.53 bits per heavy atom. The summed E-state index contributed by atoms with van der Waals surface area (Å²) in [4.78, 5) is 27.7. The van der Waals surface area contributed by atoms with Crippen molar-refractivity contribution in [3.05, 3.63) is 11.3 Å². The SMILES string of the molecule is COC1CC(OC)C2C(=O)[C@@]3(OC2C1Cl)C(=O)C1=C(C[C@H]3C)O[C@H](C2CCCC(F)C2)C1. The van der Waals surface area contributed by atoms with Gasteiger partial charge in [-0.25, -0.2) is 4.39 Å². The van der Waals surface area contributed by atoms with E-state index in [1.165, 1.54) is 0 Å². The first-order chi connectivity index (χ1) is 15.3. The molecule has 0 radical (unpaired) electrons. The fraction of sp³-hybridized carbons (Fsp3) is 0.833. The van der Waals surface area contributed by atoms with Gasteiger partial charge in [-0.2, -0.15) is 0 Å². The molecule has 0 N–H and O–H groups in total. The molecule has 3 aliphatic carbocycles. The maximum absolute atomic E-state index is 14.0. The summed E-state index contributed by atoms with van der Waals surface area (Å²) >= 11 is 6.68. The normalized spacial score (nSPS) is 48.7. The van der Waals surface area contributed by atoms with Crippen LogP contribution in [0.25, 0.3) is 0 Å². The molecular formula is C24H32ClFO6. The lowest BCUT2D eigenvalue weighted by atomic mass is 9.68. The van der Waals surface area contributed by atoms with Gasteiger partial charge in [0.2, 0.25) is 5.78 Å². The number of carbonyl (C=O) groups excluding carboxylic acids is 2. The monoisotopic (exact) mass is 470 g/mol. The first-order valence-electron chi connectivity index (χ1n) is 11.8. The van der Waals surface area contributed by atoms with Gasteiger partial charge in [0.1, 0.15) is 18.0 Å². The minimum Gasteiger partial charge on any atom is -0.494 e. The zero-order chi connectivity index (χ0) is 22.8. The first kappa shape index (κ1) is 22.8. The lowest BCUT2D eigenvalue weighted by molar-refractivity contribution is -0.159. The molecule has 1 spiro atoms. The molecule has 5 rings (SSSR count). The Balaban J connectivity index is 1.42. The van der Waals surface area contributed by atoms with Crippen LogP contribution in [0.3, 0.4) is 0 Å². The largest absolute Gasteiger partial charge is 0.494 e.